The van der Waals surface area contributed by atoms with E-state index in [9.17, 15) is 0 Å². The van der Waals surface area contributed by atoms with Crippen LogP contribution in [-0.4, -0.2) is 41.1 Å². The third-order valence-corrected chi connectivity index (χ3v) is 6.36. The summed E-state index contributed by atoms with van der Waals surface area (Å²) in [6, 6.07) is 2.27. The molecule has 1 aliphatic rings. The number of fused-ring (bicyclic) bond motifs is 2. The predicted octanol–water partition coefficient (Wildman–Crippen LogP) is 3.02. The summed E-state index contributed by atoms with van der Waals surface area (Å²) in [6.45, 7) is 12.0. The van der Waals surface area contributed by atoms with Gasteiger partial charge in [0.05, 0.1) is 5.69 Å². The van der Waals surface area contributed by atoms with Crippen molar-refractivity contribution in [2.75, 3.05) is 11.4 Å². The highest BCUT2D eigenvalue weighted by Crippen LogP contribution is 2.31. The molecule has 0 spiro atoms. The van der Waals surface area contributed by atoms with Crippen LogP contribution in [0.3, 0.4) is 0 Å². The van der Waals surface area contributed by atoms with Crippen molar-refractivity contribution in [2.45, 2.75) is 47.6 Å². The molecule has 0 unspecified atom stereocenters. The summed E-state index contributed by atoms with van der Waals surface area (Å²) in [6.07, 6.45) is 2.89. The molecule has 0 atom stereocenters. The van der Waals surface area contributed by atoms with Crippen LogP contribution in [0.4, 0.5) is 5.82 Å². The number of rotatable bonds is 2. The maximum atomic E-state index is 4.89. The maximum Gasteiger partial charge on any atom is 0.181 e. The summed E-state index contributed by atoms with van der Waals surface area (Å²) in [7, 11) is 1.99. The molecule has 4 aromatic heterocycles. The fourth-order valence-electron chi connectivity index (χ4n) is 4.45. The summed E-state index contributed by atoms with van der Waals surface area (Å²) < 4.78 is 3.79. The lowest BCUT2D eigenvalue weighted by molar-refractivity contribution is 0.686. The van der Waals surface area contributed by atoms with Gasteiger partial charge in [-0.1, -0.05) is 0 Å². The molecule has 5 rings (SSSR count). The number of anilines is 1. The first kappa shape index (κ1) is 18.7. The Morgan fingerprint density at radius 3 is 2.50 bits per heavy atom. The standard InChI is InChI=1S/C22H26N8/c1-12-13(2)22(27-30-16(5)24-25-21(12)30)29-8-7-19-18(11-29)9-17(10-23-19)20-14(3)26-28(6)15(20)4/h9-10H,7-8,11H2,1-6H3. The summed E-state index contributed by atoms with van der Waals surface area (Å²) >= 11 is 0. The van der Waals surface area contributed by atoms with Gasteiger partial charge in [0.15, 0.2) is 17.3 Å². The second kappa shape index (κ2) is 6.62. The minimum atomic E-state index is 0.786. The Bertz CT molecular complexity index is 1300. The van der Waals surface area contributed by atoms with E-state index in [0.717, 1.165) is 64.9 Å². The average Bonchev–Trinajstić information content (AvgIpc) is 3.22. The van der Waals surface area contributed by atoms with Crippen LogP contribution in [0, 0.1) is 34.6 Å². The zero-order valence-corrected chi connectivity index (χ0v) is 18.4. The molecule has 0 N–H and O–H groups in total. The van der Waals surface area contributed by atoms with E-state index < -0.39 is 0 Å². The van der Waals surface area contributed by atoms with E-state index in [1.807, 2.05) is 29.4 Å². The highest BCUT2D eigenvalue weighted by molar-refractivity contribution is 5.69. The lowest BCUT2D eigenvalue weighted by Crippen LogP contribution is -2.33. The van der Waals surface area contributed by atoms with Crippen molar-refractivity contribution >= 4 is 11.5 Å². The summed E-state index contributed by atoms with van der Waals surface area (Å²) in [5.41, 5.74) is 10.0. The van der Waals surface area contributed by atoms with Crippen LogP contribution in [-0.2, 0) is 20.0 Å². The molecule has 4 aromatic rings. The molecule has 0 amide bonds. The van der Waals surface area contributed by atoms with Gasteiger partial charge >= 0.3 is 0 Å². The number of hydrogen-bond donors (Lipinski definition) is 0. The normalized spacial score (nSPS) is 13.9. The predicted molar refractivity (Wildman–Crippen MR) is 116 cm³/mol. The van der Waals surface area contributed by atoms with Gasteiger partial charge in [0.25, 0.3) is 0 Å². The molecule has 0 radical (unpaired) electrons. The number of hydrogen-bond acceptors (Lipinski definition) is 6. The van der Waals surface area contributed by atoms with Gasteiger partial charge in [0.1, 0.15) is 0 Å². The Hall–Kier alpha value is -3.29. The molecule has 0 bridgehead atoms. The third-order valence-electron chi connectivity index (χ3n) is 6.36. The van der Waals surface area contributed by atoms with Gasteiger partial charge in [0, 0.05) is 66.4 Å². The maximum absolute atomic E-state index is 4.89. The summed E-state index contributed by atoms with van der Waals surface area (Å²) in [5, 5.41) is 17.9. The van der Waals surface area contributed by atoms with E-state index in [2.05, 4.69) is 54.0 Å². The first-order valence-corrected chi connectivity index (χ1v) is 10.3. The molecule has 0 saturated heterocycles. The van der Waals surface area contributed by atoms with Crippen LogP contribution < -0.4 is 4.90 Å². The molecular weight excluding hydrogens is 376 g/mol. The van der Waals surface area contributed by atoms with E-state index in [1.54, 1.807) is 0 Å². The molecule has 154 valence electrons. The quantitative estimate of drug-likeness (QED) is 0.513. The highest BCUT2D eigenvalue weighted by Gasteiger charge is 2.24. The third kappa shape index (κ3) is 2.70. The number of pyridine rings is 1. The summed E-state index contributed by atoms with van der Waals surface area (Å²) in [5.74, 6) is 1.80. The smallest absolute Gasteiger partial charge is 0.181 e. The van der Waals surface area contributed by atoms with Gasteiger partial charge in [-0.2, -0.15) is 9.61 Å². The molecule has 5 heterocycles. The molecule has 8 nitrogen and oxygen atoms in total. The molecule has 1 aliphatic heterocycles. The van der Waals surface area contributed by atoms with Gasteiger partial charge in [-0.25, -0.2) is 0 Å². The van der Waals surface area contributed by atoms with Gasteiger partial charge in [-0.3, -0.25) is 9.67 Å². The van der Waals surface area contributed by atoms with Crippen molar-refractivity contribution in [2.24, 2.45) is 7.05 Å². The van der Waals surface area contributed by atoms with Crippen molar-refractivity contribution < 1.29 is 0 Å². The number of aryl methyl sites for hydroxylation is 4. The molecule has 0 aliphatic carbocycles. The van der Waals surface area contributed by atoms with E-state index in [1.165, 1.54) is 16.8 Å². The first-order chi connectivity index (χ1) is 14.3. The van der Waals surface area contributed by atoms with Crippen LogP contribution in [0.25, 0.3) is 16.8 Å². The van der Waals surface area contributed by atoms with Crippen molar-refractivity contribution in [3.63, 3.8) is 0 Å². The first-order valence-electron chi connectivity index (χ1n) is 10.3. The largest absolute Gasteiger partial charge is 0.350 e. The topological polar surface area (TPSA) is 77.0 Å². The molecule has 8 heteroatoms. The van der Waals surface area contributed by atoms with Crippen LogP contribution in [0.15, 0.2) is 12.3 Å². The monoisotopic (exact) mass is 402 g/mol. The van der Waals surface area contributed by atoms with Gasteiger partial charge < -0.3 is 4.90 Å². The molecule has 0 aromatic carbocycles. The van der Waals surface area contributed by atoms with Gasteiger partial charge in [-0.15, -0.1) is 15.3 Å². The Labute approximate surface area is 175 Å². The zero-order valence-electron chi connectivity index (χ0n) is 18.4. The molecule has 0 fully saturated rings. The van der Waals surface area contributed by atoms with Gasteiger partial charge in [-0.05, 0) is 46.2 Å². The summed E-state index contributed by atoms with van der Waals surface area (Å²) in [4.78, 5) is 7.15. The van der Waals surface area contributed by atoms with Crippen molar-refractivity contribution in [3.05, 3.63) is 51.9 Å². The second-order valence-electron chi connectivity index (χ2n) is 8.23. The Morgan fingerprint density at radius 1 is 0.967 bits per heavy atom. The van der Waals surface area contributed by atoms with Crippen LogP contribution in [0.5, 0.6) is 0 Å². The Morgan fingerprint density at radius 2 is 1.77 bits per heavy atom. The lowest BCUT2D eigenvalue weighted by atomic mass is 9.99. The van der Waals surface area contributed by atoms with E-state index >= 15 is 0 Å². The molecule has 30 heavy (non-hydrogen) atoms. The zero-order chi connectivity index (χ0) is 21.2. The fraction of sp³-hybridized carbons (Fsp3) is 0.409. The van der Waals surface area contributed by atoms with Crippen molar-refractivity contribution in [1.29, 1.82) is 0 Å². The Balaban J connectivity index is 1.56. The van der Waals surface area contributed by atoms with Crippen LogP contribution in [0.2, 0.25) is 0 Å². The number of nitrogens with zero attached hydrogens (tertiary/aromatic N) is 8. The molecular formula is C22H26N8. The number of aromatic nitrogens is 7. The Kier molecular flexibility index (Phi) is 4.13. The van der Waals surface area contributed by atoms with Crippen LogP contribution >= 0.6 is 0 Å². The lowest BCUT2D eigenvalue weighted by Gasteiger charge is -2.31. The molecule has 0 saturated carbocycles. The minimum absolute atomic E-state index is 0.786. The van der Waals surface area contributed by atoms with Crippen LogP contribution in [0.1, 0.15) is 39.6 Å². The highest BCUT2D eigenvalue weighted by atomic mass is 15.4. The SMILES string of the molecule is Cc1nn(C)c(C)c1-c1cnc2c(c1)CN(c1nn3c(C)nnc3c(C)c1C)CC2. The van der Waals surface area contributed by atoms with E-state index in [0.29, 0.717) is 0 Å². The van der Waals surface area contributed by atoms with Crippen molar-refractivity contribution in [1.82, 2.24) is 34.6 Å². The van der Waals surface area contributed by atoms with Gasteiger partial charge in [0.2, 0.25) is 0 Å². The average molecular weight is 403 g/mol. The van der Waals surface area contributed by atoms with Crippen molar-refractivity contribution in [3.8, 4) is 11.1 Å². The second-order valence-corrected chi connectivity index (χ2v) is 8.23. The minimum Gasteiger partial charge on any atom is -0.350 e. The van der Waals surface area contributed by atoms with E-state index in [4.69, 9.17) is 10.1 Å². The fourth-order valence-corrected chi connectivity index (χ4v) is 4.45. The van der Waals surface area contributed by atoms with E-state index in [-0.39, 0.29) is 0 Å².